The lowest BCUT2D eigenvalue weighted by Crippen LogP contribution is -2.34. The van der Waals surface area contributed by atoms with E-state index in [-0.39, 0.29) is 18.3 Å². The van der Waals surface area contributed by atoms with E-state index in [0.29, 0.717) is 22.3 Å². The predicted molar refractivity (Wildman–Crippen MR) is 94.2 cm³/mol. The van der Waals surface area contributed by atoms with Crippen molar-refractivity contribution in [1.29, 1.82) is 0 Å². The number of nitrogens with zero attached hydrogens (tertiary/aromatic N) is 3. The number of amides is 1. The molecule has 1 aromatic heterocycles. The smallest absolute Gasteiger partial charge is 0.274 e. The first kappa shape index (κ1) is 18.1. The number of hydrogen-bond acceptors (Lipinski definition) is 3. The summed E-state index contributed by atoms with van der Waals surface area (Å²) in [6, 6.07) is 6.97. The van der Waals surface area contributed by atoms with E-state index in [1.165, 1.54) is 0 Å². The Hall–Kier alpha value is -1.27. The summed E-state index contributed by atoms with van der Waals surface area (Å²) in [5.41, 5.74) is 1.21. The normalized spacial score (nSPS) is 15.0. The lowest BCUT2D eigenvalue weighted by Gasteiger charge is -2.18. The Bertz CT molecular complexity index is 681. The zero-order valence-corrected chi connectivity index (χ0v) is 14.7. The van der Waals surface area contributed by atoms with E-state index in [0.717, 1.165) is 31.7 Å². The Morgan fingerprint density at radius 3 is 2.74 bits per heavy atom. The minimum Gasteiger partial charge on any atom is -0.336 e. The molecule has 0 spiro atoms. The Morgan fingerprint density at radius 2 is 1.96 bits per heavy atom. The summed E-state index contributed by atoms with van der Waals surface area (Å²) in [7, 11) is 0. The molecule has 5 nitrogen and oxygen atoms in total. The number of nitrogens with one attached hydrogen (secondary N) is 1. The second-order valence-corrected chi connectivity index (χ2v) is 5.95. The fourth-order valence-corrected chi connectivity index (χ4v) is 2.71. The van der Waals surface area contributed by atoms with Crippen LogP contribution in [0.25, 0.3) is 5.69 Å². The zero-order valence-electron chi connectivity index (χ0n) is 12.3. The molecule has 1 saturated heterocycles. The van der Waals surface area contributed by atoms with E-state index in [1.807, 2.05) is 11.0 Å². The molecule has 0 bridgehead atoms. The van der Waals surface area contributed by atoms with Gasteiger partial charge in [0.05, 0.1) is 15.7 Å². The van der Waals surface area contributed by atoms with Crippen LogP contribution in [0.15, 0.2) is 30.5 Å². The van der Waals surface area contributed by atoms with Gasteiger partial charge < -0.3 is 10.2 Å². The zero-order chi connectivity index (χ0) is 15.5. The molecule has 1 fully saturated rings. The average Bonchev–Trinajstić information content (AvgIpc) is 2.85. The van der Waals surface area contributed by atoms with E-state index in [1.54, 1.807) is 29.1 Å². The maximum Gasteiger partial charge on any atom is 0.274 e. The van der Waals surface area contributed by atoms with Gasteiger partial charge in [-0.3, -0.25) is 4.79 Å². The van der Waals surface area contributed by atoms with Crippen LogP contribution in [0.2, 0.25) is 10.0 Å². The van der Waals surface area contributed by atoms with Gasteiger partial charge in [0.25, 0.3) is 5.91 Å². The lowest BCUT2D eigenvalue weighted by molar-refractivity contribution is 0.0760. The average molecular weight is 376 g/mol. The number of rotatable bonds is 2. The van der Waals surface area contributed by atoms with Gasteiger partial charge in [0, 0.05) is 25.8 Å². The van der Waals surface area contributed by atoms with E-state index in [4.69, 9.17) is 23.2 Å². The number of carbonyl (C=O) groups excluding carboxylic acids is 1. The molecule has 1 amide bonds. The van der Waals surface area contributed by atoms with Crippen LogP contribution in [0.5, 0.6) is 0 Å². The number of aromatic nitrogens is 2. The minimum atomic E-state index is -0.0393. The van der Waals surface area contributed by atoms with Crippen molar-refractivity contribution in [3.63, 3.8) is 0 Å². The first-order valence-electron chi connectivity index (χ1n) is 7.16. The standard InChI is InChI=1S/C15H16Cl2N4O.ClH/c16-12-3-2-11(10-13(12)17)21-8-4-14(19-21)15(22)20-7-1-5-18-6-9-20;/h2-4,8,10,18H,1,5-7,9H2;1H. The molecule has 1 N–H and O–H groups in total. The number of halogens is 3. The number of benzene rings is 1. The van der Waals surface area contributed by atoms with Crippen LogP contribution in [-0.2, 0) is 0 Å². The van der Waals surface area contributed by atoms with Crippen molar-refractivity contribution in [3.8, 4) is 5.69 Å². The Kier molecular flexibility index (Phi) is 6.30. The molecular formula is C15H17Cl3N4O. The van der Waals surface area contributed by atoms with E-state index < -0.39 is 0 Å². The quantitative estimate of drug-likeness (QED) is 0.878. The third kappa shape index (κ3) is 4.18. The van der Waals surface area contributed by atoms with Gasteiger partial charge in [-0.15, -0.1) is 12.4 Å². The van der Waals surface area contributed by atoms with Gasteiger partial charge in [-0.1, -0.05) is 23.2 Å². The van der Waals surface area contributed by atoms with Crippen molar-refractivity contribution in [2.45, 2.75) is 6.42 Å². The molecule has 2 aromatic rings. The van der Waals surface area contributed by atoms with Crippen molar-refractivity contribution < 1.29 is 4.79 Å². The first-order chi connectivity index (χ1) is 10.6. The second-order valence-electron chi connectivity index (χ2n) is 5.14. The highest BCUT2D eigenvalue weighted by atomic mass is 35.5. The Labute approximate surface area is 151 Å². The molecular weight excluding hydrogens is 359 g/mol. The van der Waals surface area contributed by atoms with Gasteiger partial charge in [-0.2, -0.15) is 5.10 Å². The summed E-state index contributed by atoms with van der Waals surface area (Å²) >= 11 is 11.9. The maximum absolute atomic E-state index is 12.5. The first-order valence-corrected chi connectivity index (χ1v) is 7.92. The molecule has 3 rings (SSSR count). The fourth-order valence-electron chi connectivity index (χ4n) is 2.42. The molecule has 124 valence electrons. The van der Waals surface area contributed by atoms with Crippen molar-refractivity contribution in [2.75, 3.05) is 26.2 Å². The summed E-state index contributed by atoms with van der Waals surface area (Å²) in [5.74, 6) is -0.0393. The largest absolute Gasteiger partial charge is 0.336 e. The topological polar surface area (TPSA) is 50.2 Å². The van der Waals surface area contributed by atoms with Crippen LogP contribution in [0.4, 0.5) is 0 Å². The van der Waals surface area contributed by atoms with Crippen molar-refractivity contribution in [1.82, 2.24) is 20.0 Å². The molecule has 1 aliphatic heterocycles. The van der Waals surface area contributed by atoms with Gasteiger partial charge in [0.15, 0.2) is 5.69 Å². The van der Waals surface area contributed by atoms with Gasteiger partial charge in [0.2, 0.25) is 0 Å². The third-order valence-corrected chi connectivity index (χ3v) is 4.34. The number of carbonyl (C=O) groups is 1. The molecule has 0 atom stereocenters. The molecule has 0 radical (unpaired) electrons. The van der Waals surface area contributed by atoms with Crippen LogP contribution in [0.3, 0.4) is 0 Å². The summed E-state index contributed by atoms with van der Waals surface area (Å²) in [5, 5.41) is 8.59. The van der Waals surface area contributed by atoms with Gasteiger partial charge >= 0.3 is 0 Å². The van der Waals surface area contributed by atoms with Gasteiger partial charge in [-0.25, -0.2) is 4.68 Å². The highest BCUT2D eigenvalue weighted by Crippen LogP contribution is 2.24. The monoisotopic (exact) mass is 374 g/mol. The van der Waals surface area contributed by atoms with Crippen LogP contribution >= 0.6 is 35.6 Å². The van der Waals surface area contributed by atoms with Crippen LogP contribution in [-0.4, -0.2) is 46.8 Å². The Balaban J connectivity index is 0.00000192. The van der Waals surface area contributed by atoms with E-state index in [2.05, 4.69) is 10.4 Å². The number of hydrogen-bond donors (Lipinski definition) is 1. The Morgan fingerprint density at radius 1 is 1.13 bits per heavy atom. The molecule has 0 saturated carbocycles. The lowest BCUT2D eigenvalue weighted by atomic mass is 10.3. The summed E-state index contributed by atoms with van der Waals surface area (Å²) in [6.45, 7) is 3.23. The third-order valence-electron chi connectivity index (χ3n) is 3.60. The molecule has 0 unspecified atom stereocenters. The van der Waals surface area contributed by atoms with Gasteiger partial charge in [-0.05, 0) is 37.2 Å². The minimum absolute atomic E-state index is 0. The highest BCUT2D eigenvalue weighted by molar-refractivity contribution is 6.42. The van der Waals surface area contributed by atoms with Crippen LogP contribution < -0.4 is 5.32 Å². The van der Waals surface area contributed by atoms with Crippen molar-refractivity contribution in [3.05, 3.63) is 46.2 Å². The van der Waals surface area contributed by atoms with Crippen LogP contribution in [0, 0.1) is 0 Å². The SMILES string of the molecule is Cl.O=C(c1ccn(-c2ccc(Cl)c(Cl)c2)n1)N1CCCNCC1. The molecule has 0 aliphatic carbocycles. The molecule has 8 heteroatoms. The summed E-state index contributed by atoms with van der Waals surface area (Å²) in [6.07, 6.45) is 2.71. The van der Waals surface area contributed by atoms with Crippen molar-refractivity contribution >= 4 is 41.5 Å². The molecule has 23 heavy (non-hydrogen) atoms. The fraction of sp³-hybridized carbons (Fsp3) is 0.333. The molecule has 1 aromatic carbocycles. The molecule has 2 heterocycles. The summed E-state index contributed by atoms with van der Waals surface area (Å²) in [4.78, 5) is 14.3. The van der Waals surface area contributed by atoms with Crippen LogP contribution in [0.1, 0.15) is 16.9 Å². The van der Waals surface area contributed by atoms with E-state index >= 15 is 0 Å². The highest BCUT2D eigenvalue weighted by Gasteiger charge is 2.19. The maximum atomic E-state index is 12.5. The second kappa shape index (κ2) is 8.02. The van der Waals surface area contributed by atoms with E-state index in [9.17, 15) is 4.79 Å². The van der Waals surface area contributed by atoms with Gasteiger partial charge in [0.1, 0.15) is 0 Å². The summed E-state index contributed by atoms with van der Waals surface area (Å²) < 4.78 is 1.63. The molecule has 1 aliphatic rings. The predicted octanol–water partition coefficient (Wildman–Crippen LogP) is 3.04. The van der Waals surface area contributed by atoms with Crippen molar-refractivity contribution in [2.24, 2.45) is 0 Å².